The van der Waals surface area contributed by atoms with Gasteiger partial charge < -0.3 is 20.1 Å². The largest absolute Gasteiger partial charge is 0.394 e. The number of ether oxygens (including phenoxy) is 1. The van der Waals surface area contributed by atoms with E-state index in [0.717, 1.165) is 17.5 Å². The first-order valence-electron chi connectivity index (χ1n) is 9.24. The maximum absolute atomic E-state index is 10.1. The molecule has 2 heterocycles. The predicted octanol–water partition coefficient (Wildman–Crippen LogP) is 3.34. The van der Waals surface area contributed by atoms with Crippen LogP contribution in [0.3, 0.4) is 0 Å². The smallest absolute Gasteiger partial charge is 0.110 e. The van der Waals surface area contributed by atoms with Crippen molar-refractivity contribution in [3.05, 3.63) is 70.1 Å². The van der Waals surface area contributed by atoms with Gasteiger partial charge in [0.1, 0.15) is 12.2 Å². The van der Waals surface area contributed by atoms with Gasteiger partial charge in [0.15, 0.2) is 0 Å². The third kappa shape index (κ3) is 3.79. The zero-order chi connectivity index (χ0) is 19.0. The fourth-order valence-electron chi connectivity index (χ4n) is 3.78. The van der Waals surface area contributed by atoms with Crippen LogP contribution in [0.2, 0.25) is 0 Å². The van der Waals surface area contributed by atoms with Gasteiger partial charge in [-0.1, -0.05) is 36.4 Å². The molecule has 1 aliphatic heterocycles. The molecule has 2 unspecified atom stereocenters. The molecule has 3 N–H and O–H groups in total. The Labute approximate surface area is 162 Å². The minimum absolute atomic E-state index is 0.310. The van der Waals surface area contributed by atoms with Crippen molar-refractivity contribution in [3.63, 3.8) is 0 Å². The summed E-state index contributed by atoms with van der Waals surface area (Å²) in [7, 11) is 0. The summed E-state index contributed by atoms with van der Waals surface area (Å²) in [5, 5.41) is 30.8. The van der Waals surface area contributed by atoms with Crippen LogP contribution < -0.4 is 0 Å². The lowest BCUT2D eigenvalue weighted by Crippen LogP contribution is -2.47. The van der Waals surface area contributed by atoms with E-state index in [1.165, 1.54) is 20.5 Å². The van der Waals surface area contributed by atoms with E-state index in [1.54, 1.807) is 11.3 Å². The molecule has 2 aromatic carbocycles. The summed E-state index contributed by atoms with van der Waals surface area (Å²) < 4.78 is 7.17. The predicted molar refractivity (Wildman–Crippen MR) is 107 cm³/mol. The topological polar surface area (TPSA) is 69.9 Å². The Bertz CT molecular complexity index is 902. The molecular formula is C22H24O4S. The van der Waals surface area contributed by atoms with Crippen LogP contribution in [0.15, 0.2) is 48.5 Å². The third-order valence-electron chi connectivity index (χ3n) is 5.30. The summed E-state index contributed by atoms with van der Waals surface area (Å²) in [6, 6.07) is 17.0. The highest BCUT2D eigenvalue weighted by Crippen LogP contribution is 2.35. The molecule has 4 atom stereocenters. The summed E-state index contributed by atoms with van der Waals surface area (Å²) in [6.07, 6.45) is -1.87. The van der Waals surface area contributed by atoms with Crippen molar-refractivity contribution in [2.75, 3.05) is 6.61 Å². The second-order valence-corrected chi connectivity index (χ2v) is 8.43. The monoisotopic (exact) mass is 384 g/mol. The molecule has 0 aliphatic carbocycles. The van der Waals surface area contributed by atoms with Crippen LogP contribution in [0.5, 0.6) is 0 Å². The van der Waals surface area contributed by atoms with E-state index in [9.17, 15) is 15.3 Å². The normalized spacial score (nSPS) is 25.8. The first kappa shape index (κ1) is 18.6. The molecule has 3 aromatic rings. The molecule has 4 nitrogen and oxygen atoms in total. The van der Waals surface area contributed by atoms with Crippen LogP contribution in [0.4, 0.5) is 0 Å². The minimum atomic E-state index is -1.05. The fraction of sp³-hybridized carbons (Fsp3) is 0.364. The molecule has 142 valence electrons. The average Bonchev–Trinajstić information content (AvgIpc) is 3.07. The van der Waals surface area contributed by atoms with Gasteiger partial charge >= 0.3 is 0 Å². The Morgan fingerprint density at radius 1 is 1.11 bits per heavy atom. The molecule has 0 saturated carbocycles. The van der Waals surface area contributed by atoms with Gasteiger partial charge in [0.25, 0.3) is 0 Å². The number of rotatable bonds is 4. The highest BCUT2D eigenvalue weighted by atomic mass is 32.1. The van der Waals surface area contributed by atoms with Crippen LogP contribution in [-0.2, 0) is 11.2 Å². The number of thiophene rings is 1. The Balaban J connectivity index is 1.59. The second kappa shape index (κ2) is 7.70. The van der Waals surface area contributed by atoms with Crippen LogP contribution in [0.1, 0.15) is 34.1 Å². The van der Waals surface area contributed by atoms with Crippen molar-refractivity contribution in [1.82, 2.24) is 0 Å². The van der Waals surface area contributed by atoms with E-state index in [4.69, 9.17) is 4.74 Å². The molecule has 27 heavy (non-hydrogen) atoms. The Morgan fingerprint density at radius 2 is 1.93 bits per heavy atom. The quantitative estimate of drug-likeness (QED) is 0.645. The van der Waals surface area contributed by atoms with Crippen LogP contribution in [0, 0.1) is 6.92 Å². The minimum Gasteiger partial charge on any atom is -0.394 e. The van der Waals surface area contributed by atoms with Crippen LogP contribution in [-0.4, -0.2) is 40.2 Å². The number of aliphatic hydroxyl groups is 3. The number of fused-ring (bicyclic) bond motifs is 1. The van der Waals surface area contributed by atoms with Gasteiger partial charge in [-0.3, -0.25) is 0 Å². The van der Waals surface area contributed by atoms with E-state index >= 15 is 0 Å². The molecule has 0 bridgehead atoms. The van der Waals surface area contributed by atoms with Crippen molar-refractivity contribution in [2.45, 2.75) is 44.2 Å². The molecule has 4 rings (SSSR count). The van der Waals surface area contributed by atoms with Crippen LogP contribution >= 0.6 is 11.3 Å². The van der Waals surface area contributed by atoms with Gasteiger partial charge in [0.05, 0.1) is 18.8 Å². The summed E-state index contributed by atoms with van der Waals surface area (Å²) in [5.74, 6) is 0. The molecule has 0 radical (unpaired) electrons. The van der Waals surface area contributed by atoms with Gasteiger partial charge in [-0.05, 0) is 41.1 Å². The van der Waals surface area contributed by atoms with Crippen molar-refractivity contribution in [1.29, 1.82) is 0 Å². The van der Waals surface area contributed by atoms with Crippen molar-refractivity contribution in [2.24, 2.45) is 0 Å². The number of hydrogen-bond acceptors (Lipinski definition) is 5. The first-order valence-corrected chi connectivity index (χ1v) is 10.1. The summed E-state index contributed by atoms with van der Waals surface area (Å²) >= 11 is 1.81. The molecule has 1 aliphatic rings. The van der Waals surface area contributed by atoms with E-state index in [-0.39, 0.29) is 12.7 Å². The molecule has 5 heteroatoms. The molecule has 1 saturated heterocycles. The highest BCUT2D eigenvalue weighted by molar-refractivity contribution is 7.19. The SMILES string of the molecule is Cc1ccc(Cc2cc3ccccc3s2)cc1[C@H]1CC(O)[C@H](O)C(CO)O1. The van der Waals surface area contributed by atoms with E-state index in [2.05, 4.69) is 48.5 Å². The van der Waals surface area contributed by atoms with Crippen LogP contribution in [0.25, 0.3) is 10.1 Å². The number of benzene rings is 2. The zero-order valence-electron chi connectivity index (χ0n) is 15.2. The highest BCUT2D eigenvalue weighted by Gasteiger charge is 2.37. The van der Waals surface area contributed by atoms with E-state index in [0.29, 0.717) is 6.42 Å². The van der Waals surface area contributed by atoms with Gasteiger partial charge in [-0.25, -0.2) is 0 Å². The van der Waals surface area contributed by atoms with Gasteiger partial charge in [0, 0.05) is 22.4 Å². The Hall–Kier alpha value is -1.76. The lowest BCUT2D eigenvalue weighted by molar-refractivity contribution is -0.181. The van der Waals surface area contributed by atoms with Gasteiger partial charge in [0.2, 0.25) is 0 Å². The van der Waals surface area contributed by atoms with Gasteiger partial charge in [-0.2, -0.15) is 0 Å². The average molecular weight is 384 g/mol. The van der Waals surface area contributed by atoms with Crippen molar-refractivity contribution < 1.29 is 20.1 Å². The second-order valence-electron chi connectivity index (χ2n) is 7.26. The molecule has 0 amide bonds. The van der Waals surface area contributed by atoms with Gasteiger partial charge in [-0.15, -0.1) is 11.3 Å². The molecule has 1 aromatic heterocycles. The summed E-state index contributed by atoms with van der Waals surface area (Å²) in [5.41, 5.74) is 3.28. The molecule has 0 spiro atoms. The maximum atomic E-state index is 10.1. The zero-order valence-corrected chi connectivity index (χ0v) is 16.0. The number of hydrogen-bond donors (Lipinski definition) is 3. The third-order valence-corrected chi connectivity index (χ3v) is 6.41. The number of aryl methyl sites for hydroxylation is 1. The first-order chi connectivity index (χ1) is 13.0. The van der Waals surface area contributed by atoms with E-state index < -0.39 is 18.3 Å². The lowest BCUT2D eigenvalue weighted by Gasteiger charge is -2.37. The van der Waals surface area contributed by atoms with Crippen molar-refractivity contribution in [3.8, 4) is 0 Å². The Kier molecular flexibility index (Phi) is 5.30. The van der Waals surface area contributed by atoms with Crippen molar-refractivity contribution >= 4 is 21.4 Å². The Morgan fingerprint density at radius 3 is 2.70 bits per heavy atom. The summed E-state index contributed by atoms with van der Waals surface area (Å²) in [6.45, 7) is 1.71. The standard InChI is InChI=1S/C22H24O4S/c1-13-6-7-14(8-16-10-15-4-2-3-5-21(15)27-16)9-17(13)19-11-18(24)22(25)20(12-23)26-19/h2-7,9-10,18-20,22-25H,8,11-12H2,1H3/t18?,19-,20?,22+/m1/s1. The lowest BCUT2D eigenvalue weighted by atomic mass is 9.90. The van der Waals surface area contributed by atoms with E-state index in [1.807, 2.05) is 6.92 Å². The number of aliphatic hydroxyl groups excluding tert-OH is 3. The summed E-state index contributed by atoms with van der Waals surface area (Å²) in [4.78, 5) is 1.30. The molecular weight excluding hydrogens is 360 g/mol. The maximum Gasteiger partial charge on any atom is 0.110 e. The molecule has 1 fully saturated rings. The fourth-order valence-corrected chi connectivity index (χ4v) is 4.88.